The highest BCUT2D eigenvalue weighted by Crippen LogP contribution is 2.32. The van der Waals surface area contributed by atoms with Gasteiger partial charge in [0.15, 0.2) is 0 Å². The molecule has 0 saturated heterocycles. The SMILES string of the molecule is CC(C)CCN(c1ccnc(C(=N)N)c1)C1CC1. The number of anilines is 1. The first-order valence-corrected chi connectivity index (χ1v) is 6.65. The Hall–Kier alpha value is -1.58. The zero-order valence-electron chi connectivity index (χ0n) is 11.2. The molecule has 1 heterocycles. The van der Waals surface area contributed by atoms with Crippen molar-refractivity contribution in [2.24, 2.45) is 11.7 Å². The summed E-state index contributed by atoms with van der Waals surface area (Å²) in [5.74, 6) is 0.747. The first kappa shape index (κ1) is 12.9. The number of pyridine rings is 1. The van der Waals surface area contributed by atoms with Crippen molar-refractivity contribution in [1.29, 1.82) is 5.41 Å². The molecule has 3 N–H and O–H groups in total. The molecule has 4 nitrogen and oxygen atoms in total. The highest BCUT2D eigenvalue weighted by Gasteiger charge is 2.29. The molecule has 98 valence electrons. The maximum Gasteiger partial charge on any atom is 0.141 e. The lowest BCUT2D eigenvalue weighted by atomic mass is 10.1. The smallest absolute Gasteiger partial charge is 0.141 e. The Kier molecular flexibility index (Phi) is 3.84. The summed E-state index contributed by atoms with van der Waals surface area (Å²) in [6.45, 7) is 5.57. The van der Waals surface area contributed by atoms with Gasteiger partial charge in [-0.3, -0.25) is 10.4 Å². The van der Waals surface area contributed by atoms with Gasteiger partial charge in [0.05, 0.1) is 0 Å². The summed E-state index contributed by atoms with van der Waals surface area (Å²) in [7, 11) is 0. The number of nitrogen functional groups attached to an aromatic ring is 1. The van der Waals surface area contributed by atoms with Crippen molar-refractivity contribution in [2.75, 3.05) is 11.4 Å². The van der Waals surface area contributed by atoms with Crippen LogP contribution in [0.1, 0.15) is 38.8 Å². The fraction of sp³-hybridized carbons (Fsp3) is 0.571. The second kappa shape index (κ2) is 5.38. The van der Waals surface area contributed by atoms with Crippen molar-refractivity contribution in [2.45, 2.75) is 39.2 Å². The van der Waals surface area contributed by atoms with Crippen molar-refractivity contribution in [3.05, 3.63) is 24.0 Å². The molecule has 0 aromatic carbocycles. The summed E-state index contributed by atoms with van der Waals surface area (Å²) in [5, 5.41) is 7.46. The van der Waals surface area contributed by atoms with Crippen LogP contribution in [0.15, 0.2) is 18.3 Å². The highest BCUT2D eigenvalue weighted by atomic mass is 15.2. The molecule has 1 aliphatic carbocycles. The summed E-state index contributed by atoms with van der Waals surface area (Å²) >= 11 is 0. The maximum atomic E-state index is 7.46. The van der Waals surface area contributed by atoms with Crippen molar-refractivity contribution < 1.29 is 0 Å². The Balaban J connectivity index is 2.14. The normalized spacial score (nSPS) is 14.8. The lowest BCUT2D eigenvalue weighted by Gasteiger charge is -2.25. The molecule has 1 fully saturated rings. The van der Waals surface area contributed by atoms with E-state index in [1.807, 2.05) is 12.1 Å². The summed E-state index contributed by atoms with van der Waals surface area (Å²) in [6, 6.07) is 4.62. The molecule has 1 aromatic heterocycles. The molecule has 0 spiro atoms. The summed E-state index contributed by atoms with van der Waals surface area (Å²) in [6.07, 6.45) is 5.48. The van der Waals surface area contributed by atoms with E-state index in [0.29, 0.717) is 17.7 Å². The zero-order chi connectivity index (χ0) is 13.1. The minimum Gasteiger partial charge on any atom is -0.382 e. The number of aromatic nitrogens is 1. The molecule has 0 bridgehead atoms. The fourth-order valence-corrected chi connectivity index (χ4v) is 2.05. The van der Waals surface area contributed by atoms with Gasteiger partial charge in [-0.25, -0.2) is 0 Å². The van der Waals surface area contributed by atoms with E-state index in [2.05, 4.69) is 23.7 Å². The Morgan fingerprint density at radius 3 is 2.83 bits per heavy atom. The van der Waals surface area contributed by atoms with Crippen LogP contribution in [0.3, 0.4) is 0 Å². The summed E-state index contributed by atoms with van der Waals surface area (Å²) < 4.78 is 0. The Morgan fingerprint density at radius 1 is 1.56 bits per heavy atom. The molecule has 0 amide bonds. The summed E-state index contributed by atoms with van der Waals surface area (Å²) in [4.78, 5) is 6.56. The van der Waals surface area contributed by atoms with Crippen LogP contribution in [0.5, 0.6) is 0 Å². The van der Waals surface area contributed by atoms with E-state index >= 15 is 0 Å². The molecule has 0 radical (unpaired) electrons. The molecule has 1 aromatic rings. The molecular weight excluding hydrogens is 224 g/mol. The van der Waals surface area contributed by atoms with Crippen LogP contribution in [-0.4, -0.2) is 23.4 Å². The number of hydrogen-bond donors (Lipinski definition) is 2. The molecule has 2 rings (SSSR count). The number of nitrogens with two attached hydrogens (primary N) is 1. The first-order chi connectivity index (χ1) is 8.58. The van der Waals surface area contributed by atoms with Crippen LogP contribution in [0, 0.1) is 11.3 Å². The van der Waals surface area contributed by atoms with Crippen LogP contribution >= 0.6 is 0 Å². The predicted molar refractivity (Wildman–Crippen MR) is 75.1 cm³/mol. The molecule has 0 unspecified atom stereocenters. The third kappa shape index (κ3) is 3.22. The van der Waals surface area contributed by atoms with Crippen LogP contribution in [0.4, 0.5) is 5.69 Å². The van der Waals surface area contributed by atoms with Gasteiger partial charge in [0.2, 0.25) is 0 Å². The van der Waals surface area contributed by atoms with Crippen LogP contribution in [0.25, 0.3) is 0 Å². The Bertz CT molecular complexity index is 424. The molecule has 0 aliphatic heterocycles. The van der Waals surface area contributed by atoms with Crippen molar-refractivity contribution >= 4 is 11.5 Å². The number of rotatable bonds is 6. The van der Waals surface area contributed by atoms with Gasteiger partial charge in [-0.15, -0.1) is 0 Å². The monoisotopic (exact) mass is 246 g/mol. The van der Waals surface area contributed by atoms with Crippen LogP contribution < -0.4 is 10.6 Å². The van der Waals surface area contributed by atoms with Gasteiger partial charge in [0, 0.05) is 24.5 Å². The average molecular weight is 246 g/mol. The Morgan fingerprint density at radius 2 is 2.28 bits per heavy atom. The molecule has 1 saturated carbocycles. The van der Waals surface area contributed by atoms with E-state index in [-0.39, 0.29) is 5.84 Å². The van der Waals surface area contributed by atoms with Gasteiger partial charge >= 0.3 is 0 Å². The quantitative estimate of drug-likeness (QED) is 0.598. The molecule has 0 atom stereocenters. The van der Waals surface area contributed by atoms with Gasteiger partial charge < -0.3 is 10.6 Å². The van der Waals surface area contributed by atoms with E-state index in [0.717, 1.165) is 12.2 Å². The van der Waals surface area contributed by atoms with Gasteiger partial charge in [-0.2, -0.15) is 0 Å². The lowest BCUT2D eigenvalue weighted by molar-refractivity contribution is 0.570. The topological polar surface area (TPSA) is 66.0 Å². The third-order valence-electron chi connectivity index (χ3n) is 3.29. The number of nitrogens with zero attached hydrogens (tertiary/aromatic N) is 2. The molecule has 18 heavy (non-hydrogen) atoms. The summed E-state index contributed by atoms with van der Waals surface area (Å²) in [5.41, 5.74) is 7.22. The predicted octanol–water partition coefficient (Wildman–Crippen LogP) is 2.38. The second-order valence-electron chi connectivity index (χ2n) is 5.42. The lowest BCUT2D eigenvalue weighted by Crippen LogP contribution is -2.28. The fourth-order valence-electron chi connectivity index (χ4n) is 2.05. The minimum atomic E-state index is 0.0384. The molecule has 1 aliphatic rings. The highest BCUT2D eigenvalue weighted by molar-refractivity contribution is 5.93. The second-order valence-corrected chi connectivity index (χ2v) is 5.42. The van der Waals surface area contributed by atoms with Gasteiger partial charge in [0.1, 0.15) is 11.5 Å². The Labute approximate surface area is 109 Å². The van der Waals surface area contributed by atoms with E-state index in [1.165, 1.54) is 19.3 Å². The molecular formula is C14H22N4. The van der Waals surface area contributed by atoms with Gasteiger partial charge in [-0.05, 0) is 37.3 Å². The first-order valence-electron chi connectivity index (χ1n) is 6.65. The van der Waals surface area contributed by atoms with E-state index in [1.54, 1.807) is 6.20 Å². The van der Waals surface area contributed by atoms with Crippen molar-refractivity contribution in [3.63, 3.8) is 0 Å². The van der Waals surface area contributed by atoms with E-state index in [4.69, 9.17) is 11.1 Å². The number of amidine groups is 1. The van der Waals surface area contributed by atoms with E-state index in [9.17, 15) is 0 Å². The van der Waals surface area contributed by atoms with Gasteiger partial charge in [0.25, 0.3) is 0 Å². The third-order valence-corrected chi connectivity index (χ3v) is 3.29. The van der Waals surface area contributed by atoms with Crippen LogP contribution in [-0.2, 0) is 0 Å². The van der Waals surface area contributed by atoms with Crippen molar-refractivity contribution in [3.8, 4) is 0 Å². The average Bonchev–Trinajstić information content (AvgIpc) is 3.14. The minimum absolute atomic E-state index is 0.0384. The number of hydrogen-bond acceptors (Lipinski definition) is 3. The standard InChI is InChI=1S/C14H22N4/c1-10(2)6-8-18(11-3-4-11)12-5-7-17-13(9-12)14(15)16/h5,7,9-11H,3-4,6,8H2,1-2H3,(H3,15,16). The maximum absolute atomic E-state index is 7.46. The van der Waals surface area contributed by atoms with Crippen molar-refractivity contribution in [1.82, 2.24) is 4.98 Å². The zero-order valence-corrected chi connectivity index (χ0v) is 11.2. The van der Waals surface area contributed by atoms with E-state index < -0.39 is 0 Å². The van der Waals surface area contributed by atoms with Crippen LogP contribution in [0.2, 0.25) is 0 Å². The molecule has 4 heteroatoms. The largest absolute Gasteiger partial charge is 0.382 e. The number of nitrogens with one attached hydrogen (secondary N) is 1. The van der Waals surface area contributed by atoms with Gasteiger partial charge in [-0.1, -0.05) is 13.8 Å².